The van der Waals surface area contributed by atoms with Crippen LogP contribution in [0.15, 0.2) is 50.2 Å². The molecule has 3 aromatic rings. The molecule has 0 atom stereocenters. The first kappa shape index (κ1) is 20.3. The topological polar surface area (TPSA) is 120 Å². The van der Waals surface area contributed by atoms with Crippen LogP contribution in [0, 0.1) is 13.8 Å². The maximum atomic E-state index is 12.3. The zero-order valence-corrected chi connectivity index (χ0v) is 17.7. The molecule has 10 heteroatoms. The second-order valence-corrected chi connectivity index (χ2v) is 8.63. The molecule has 3 rings (SSSR count). The van der Waals surface area contributed by atoms with Gasteiger partial charge in [0, 0.05) is 6.54 Å². The molecule has 0 fully saturated rings. The Morgan fingerprint density at radius 1 is 1.21 bits per heavy atom. The first-order valence-electron chi connectivity index (χ1n) is 8.33. The third kappa shape index (κ3) is 4.51. The van der Waals surface area contributed by atoms with Crippen molar-refractivity contribution >= 4 is 31.9 Å². The van der Waals surface area contributed by atoms with Gasteiger partial charge in [-0.15, -0.1) is 0 Å². The molecule has 0 unspecified atom stereocenters. The van der Waals surface area contributed by atoms with E-state index in [2.05, 4.69) is 26.3 Å². The predicted molar refractivity (Wildman–Crippen MR) is 106 cm³/mol. The van der Waals surface area contributed by atoms with E-state index in [0.717, 1.165) is 21.4 Å². The molecular formula is C18H19BrN4O4S. The number of nitrogens with zero attached hydrogens (tertiary/aromatic N) is 2. The predicted octanol–water partition coefficient (Wildman–Crippen LogP) is 2.48. The molecule has 0 saturated carbocycles. The van der Waals surface area contributed by atoms with Gasteiger partial charge in [-0.3, -0.25) is 9.48 Å². The van der Waals surface area contributed by atoms with Crippen molar-refractivity contribution in [3.8, 4) is 0 Å². The highest BCUT2D eigenvalue weighted by Crippen LogP contribution is 2.21. The highest BCUT2D eigenvalue weighted by molar-refractivity contribution is 9.10. The highest BCUT2D eigenvalue weighted by atomic mass is 79.9. The number of aromatic nitrogens is 2. The minimum atomic E-state index is -3.73. The molecule has 0 aliphatic heterocycles. The minimum Gasteiger partial charge on any atom is -0.454 e. The lowest BCUT2D eigenvalue weighted by atomic mass is 10.2. The van der Waals surface area contributed by atoms with Gasteiger partial charge in [-0.25, -0.2) is 13.6 Å². The van der Waals surface area contributed by atoms with Gasteiger partial charge in [0.2, 0.25) is 10.0 Å². The van der Waals surface area contributed by atoms with E-state index in [9.17, 15) is 13.2 Å². The van der Waals surface area contributed by atoms with Crippen LogP contribution < -0.4 is 10.5 Å². The molecule has 0 aliphatic rings. The summed E-state index contributed by atoms with van der Waals surface area (Å²) < 4.78 is 30.9. The minimum absolute atomic E-state index is 0.0223. The van der Waals surface area contributed by atoms with Crippen LogP contribution in [0.2, 0.25) is 0 Å². The molecule has 1 aromatic carbocycles. The zero-order valence-electron chi connectivity index (χ0n) is 15.3. The number of halogens is 1. The first-order valence-corrected chi connectivity index (χ1v) is 10.7. The number of furan rings is 1. The maximum absolute atomic E-state index is 12.3. The largest absolute Gasteiger partial charge is 0.454 e. The molecule has 0 bridgehead atoms. The van der Waals surface area contributed by atoms with Crippen molar-refractivity contribution in [3.05, 3.63) is 69.3 Å². The van der Waals surface area contributed by atoms with Gasteiger partial charge >= 0.3 is 0 Å². The summed E-state index contributed by atoms with van der Waals surface area (Å²) in [6.07, 6.45) is 0. The van der Waals surface area contributed by atoms with Crippen molar-refractivity contribution in [2.75, 3.05) is 0 Å². The van der Waals surface area contributed by atoms with Crippen molar-refractivity contribution in [3.63, 3.8) is 0 Å². The molecule has 3 N–H and O–H groups in total. The lowest BCUT2D eigenvalue weighted by Crippen LogP contribution is -2.22. The Labute approximate surface area is 170 Å². The number of carbonyl (C=O) groups excluding carboxylic acids is 1. The van der Waals surface area contributed by atoms with Gasteiger partial charge in [0.1, 0.15) is 5.76 Å². The number of nitrogens with two attached hydrogens (primary N) is 1. The lowest BCUT2D eigenvalue weighted by molar-refractivity contribution is 0.0921. The molecule has 8 nitrogen and oxygen atoms in total. The third-order valence-electron chi connectivity index (χ3n) is 4.19. The maximum Gasteiger partial charge on any atom is 0.287 e. The Hall–Kier alpha value is -2.43. The number of primary sulfonamides is 1. The molecule has 1 amide bonds. The third-order valence-corrected chi connectivity index (χ3v) is 6.27. The summed E-state index contributed by atoms with van der Waals surface area (Å²) in [6, 6.07) is 9.32. The second-order valence-electron chi connectivity index (χ2n) is 6.28. The smallest absolute Gasteiger partial charge is 0.287 e. The van der Waals surface area contributed by atoms with Crippen molar-refractivity contribution in [1.82, 2.24) is 15.1 Å². The van der Waals surface area contributed by atoms with Gasteiger partial charge < -0.3 is 9.73 Å². The zero-order chi connectivity index (χ0) is 20.5. The van der Waals surface area contributed by atoms with E-state index in [1.165, 1.54) is 12.1 Å². The van der Waals surface area contributed by atoms with Crippen molar-refractivity contribution < 1.29 is 17.6 Å². The first-order chi connectivity index (χ1) is 13.1. The quantitative estimate of drug-likeness (QED) is 0.577. The van der Waals surface area contributed by atoms with E-state index in [-0.39, 0.29) is 23.1 Å². The number of hydrogen-bond acceptors (Lipinski definition) is 5. The van der Waals surface area contributed by atoms with E-state index in [1.807, 2.05) is 13.8 Å². The lowest BCUT2D eigenvalue weighted by Gasteiger charge is -2.05. The van der Waals surface area contributed by atoms with Crippen LogP contribution in [-0.4, -0.2) is 24.1 Å². The van der Waals surface area contributed by atoms with Crippen molar-refractivity contribution in [1.29, 1.82) is 0 Å². The van der Waals surface area contributed by atoms with E-state index >= 15 is 0 Å². The number of hydrogen-bond donors (Lipinski definition) is 2. The Bertz CT molecular complexity index is 1120. The van der Waals surface area contributed by atoms with Gasteiger partial charge in [-0.05, 0) is 59.6 Å². The monoisotopic (exact) mass is 466 g/mol. The van der Waals surface area contributed by atoms with Crippen molar-refractivity contribution in [2.24, 2.45) is 5.14 Å². The van der Waals surface area contributed by atoms with Crippen LogP contribution in [0.3, 0.4) is 0 Å². The molecule has 28 heavy (non-hydrogen) atoms. The number of benzene rings is 1. The SMILES string of the molecule is Cc1nn(Cc2ccc(C(=O)NCc3ccc(S(N)(=O)=O)cc3)o2)c(C)c1Br. The summed E-state index contributed by atoms with van der Waals surface area (Å²) >= 11 is 3.48. The second kappa shape index (κ2) is 7.90. The van der Waals surface area contributed by atoms with E-state index in [1.54, 1.807) is 28.9 Å². The fraction of sp³-hybridized carbons (Fsp3) is 0.222. The molecular weight excluding hydrogens is 448 g/mol. The average Bonchev–Trinajstić information content (AvgIpc) is 3.20. The van der Waals surface area contributed by atoms with Gasteiger partial charge in [0.25, 0.3) is 5.91 Å². The molecule has 148 valence electrons. The fourth-order valence-corrected chi connectivity index (χ4v) is 3.43. The molecule has 0 radical (unpaired) electrons. The summed E-state index contributed by atoms with van der Waals surface area (Å²) in [5, 5.41) is 12.2. The van der Waals surface area contributed by atoms with E-state index < -0.39 is 10.0 Å². The number of aryl methyl sites for hydroxylation is 1. The molecule has 2 heterocycles. The molecule has 0 saturated heterocycles. The van der Waals surface area contributed by atoms with Crippen LogP contribution in [0.4, 0.5) is 0 Å². The Kier molecular flexibility index (Phi) is 5.73. The van der Waals surface area contributed by atoms with E-state index in [4.69, 9.17) is 9.56 Å². The fourth-order valence-electron chi connectivity index (χ4n) is 2.63. The van der Waals surface area contributed by atoms with Gasteiger partial charge in [-0.2, -0.15) is 5.10 Å². The van der Waals surface area contributed by atoms with Crippen LogP contribution in [0.1, 0.15) is 33.3 Å². The van der Waals surface area contributed by atoms with Gasteiger partial charge in [0.15, 0.2) is 5.76 Å². The van der Waals surface area contributed by atoms with E-state index in [0.29, 0.717) is 12.3 Å². The Morgan fingerprint density at radius 2 is 1.89 bits per heavy atom. The summed E-state index contributed by atoms with van der Waals surface area (Å²) in [5.74, 6) is 0.439. The highest BCUT2D eigenvalue weighted by Gasteiger charge is 2.14. The normalized spacial score (nSPS) is 11.6. The van der Waals surface area contributed by atoms with Gasteiger partial charge in [0.05, 0.1) is 27.3 Å². The number of carbonyl (C=O) groups is 1. The Morgan fingerprint density at radius 3 is 2.46 bits per heavy atom. The van der Waals surface area contributed by atoms with Crippen LogP contribution in [-0.2, 0) is 23.1 Å². The molecule has 0 aliphatic carbocycles. The summed E-state index contributed by atoms with van der Waals surface area (Å²) in [6.45, 7) is 4.50. The molecule has 2 aromatic heterocycles. The Balaban J connectivity index is 1.62. The summed E-state index contributed by atoms with van der Waals surface area (Å²) in [4.78, 5) is 12.3. The number of amides is 1. The summed E-state index contributed by atoms with van der Waals surface area (Å²) in [5.41, 5.74) is 2.60. The van der Waals surface area contributed by atoms with Crippen LogP contribution >= 0.6 is 15.9 Å². The number of rotatable bonds is 6. The summed E-state index contributed by atoms with van der Waals surface area (Å²) in [7, 11) is -3.73. The van der Waals surface area contributed by atoms with Gasteiger partial charge in [-0.1, -0.05) is 12.1 Å². The average molecular weight is 467 g/mol. The van der Waals surface area contributed by atoms with Crippen LogP contribution in [0.5, 0.6) is 0 Å². The van der Waals surface area contributed by atoms with Crippen molar-refractivity contribution in [2.45, 2.75) is 31.8 Å². The molecule has 0 spiro atoms. The van der Waals surface area contributed by atoms with Crippen LogP contribution in [0.25, 0.3) is 0 Å². The number of nitrogens with one attached hydrogen (secondary N) is 1. The number of sulfonamides is 1. The standard InChI is InChI=1S/C18H19BrN4O4S/c1-11-17(19)12(2)23(22-11)10-14-5-8-16(27-14)18(24)21-9-13-3-6-15(7-4-13)28(20,25)26/h3-8H,9-10H2,1-2H3,(H,21,24)(H2,20,25,26).